The van der Waals surface area contributed by atoms with Crippen molar-refractivity contribution in [1.82, 2.24) is 21.3 Å². The SMILES string of the molecule is C1CCOC1.CC(C)N=C=O.CCOC(=O)C1=C(N)N[C@@H](c2cccc(OC)c2)CC1.CCOC(=O)C1=C(NC(=O)NC(C)C)N[C@@H](c2cccc(OC)c2)CC1. The second-order valence-electron chi connectivity index (χ2n) is 13.6. The van der Waals surface area contributed by atoms with Crippen molar-refractivity contribution in [3.05, 3.63) is 82.4 Å². The molecule has 3 aliphatic heterocycles. The summed E-state index contributed by atoms with van der Waals surface area (Å²) in [6.45, 7) is 13.6. The first-order valence-electron chi connectivity index (χ1n) is 19.5. The average molecular weight is 795 g/mol. The Labute approximate surface area is 337 Å². The molecule has 1 fully saturated rings. The lowest BCUT2D eigenvalue weighted by atomic mass is 9.95. The number of carbonyl (C=O) groups is 3. The first kappa shape index (κ1) is 47.6. The highest BCUT2D eigenvalue weighted by atomic mass is 16.5. The van der Waals surface area contributed by atoms with Crippen LogP contribution in [0.3, 0.4) is 0 Å². The van der Waals surface area contributed by atoms with Gasteiger partial charge in [0.15, 0.2) is 0 Å². The highest BCUT2D eigenvalue weighted by Crippen LogP contribution is 2.31. The van der Waals surface area contributed by atoms with E-state index in [1.54, 1.807) is 28.1 Å². The Morgan fingerprint density at radius 3 is 1.75 bits per heavy atom. The molecule has 0 bridgehead atoms. The molecule has 2 aromatic rings. The molecule has 0 aliphatic carbocycles. The van der Waals surface area contributed by atoms with Gasteiger partial charge in [0.05, 0.1) is 56.7 Å². The molecule has 6 N–H and O–H groups in total. The van der Waals surface area contributed by atoms with Gasteiger partial charge in [0, 0.05) is 19.3 Å². The van der Waals surface area contributed by atoms with Crippen LogP contribution in [0.15, 0.2) is 76.3 Å². The zero-order valence-electron chi connectivity index (χ0n) is 34.7. The number of methoxy groups -OCH3 is 2. The minimum absolute atomic E-state index is 0.0144. The predicted octanol–water partition coefficient (Wildman–Crippen LogP) is 5.98. The number of esters is 2. The molecule has 0 radical (unpaired) electrons. The quantitative estimate of drug-likeness (QED) is 0.101. The number of hydrogen-bond acceptors (Lipinski definition) is 13. The maximum atomic E-state index is 12.2. The van der Waals surface area contributed by atoms with E-state index >= 15 is 0 Å². The molecule has 5 rings (SSSR count). The Balaban J connectivity index is 0.000000316. The molecule has 1 saturated heterocycles. The van der Waals surface area contributed by atoms with Gasteiger partial charge in [-0.3, -0.25) is 5.32 Å². The second-order valence-corrected chi connectivity index (χ2v) is 13.6. The van der Waals surface area contributed by atoms with E-state index < -0.39 is 5.97 Å². The average Bonchev–Trinajstić information content (AvgIpc) is 3.79. The molecule has 57 heavy (non-hydrogen) atoms. The Morgan fingerprint density at radius 1 is 0.842 bits per heavy atom. The van der Waals surface area contributed by atoms with Crippen LogP contribution in [0.25, 0.3) is 0 Å². The lowest BCUT2D eigenvalue weighted by Gasteiger charge is -2.29. The molecule has 15 nitrogen and oxygen atoms in total. The van der Waals surface area contributed by atoms with Crippen molar-refractivity contribution in [2.45, 2.75) is 104 Å². The van der Waals surface area contributed by atoms with Crippen LogP contribution in [0, 0.1) is 0 Å². The summed E-state index contributed by atoms with van der Waals surface area (Å²) in [6.07, 6.45) is 6.61. The summed E-state index contributed by atoms with van der Waals surface area (Å²) in [7, 11) is 3.26. The third kappa shape index (κ3) is 17.4. The van der Waals surface area contributed by atoms with Crippen molar-refractivity contribution in [2.75, 3.05) is 40.6 Å². The zero-order chi connectivity index (χ0) is 42.2. The Kier molecular flexibility index (Phi) is 22.0. The van der Waals surface area contributed by atoms with Gasteiger partial charge in [-0.15, -0.1) is 0 Å². The summed E-state index contributed by atoms with van der Waals surface area (Å²) in [5.41, 5.74) is 9.04. The smallest absolute Gasteiger partial charge is 0.337 e. The van der Waals surface area contributed by atoms with Crippen LogP contribution in [0.2, 0.25) is 0 Å². The Hall–Kier alpha value is -5.53. The van der Waals surface area contributed by atoms with Crippen molar-refractivity contribution in [2.24, 2.45) is 10.7 Å². The number of hydrogen-bond donors (Lipinski definition) is 5. The zero-order valence-corrected chi connectivity index (χ0v) is 34.7. The summed E-state index contributed by atoms with van der Waals surface area (Å²) in [5.74, 6) is 1.62. The second kappa shape index (κ2) is 26.3. The van der Waals surface area contributed by atoms with E-state index in [1.165, 1.54) is 18.9 Å². The van der Waals surface area contributed by atoms with Crippen LogP contribution in [0.1, 0.15) is 103 Å². The van der Waals surface area contributed by atoms with E-state index in [1.807, 2.05) is 76.2 Å². The molecule has 2 amide bonds. The number of ether oxygens (including phenoxy) is 5. The van der Waals surface area contributed by atoms with Crippen LogP contribution < -0.4 is 36.5 Å². The normalized spacial score (nSPS) is 17.0. The van der Waals surface area contributed by atoms with Crippen LogP contribution in [0.5, 0.6) is 11.5 Å². The van der Waals surface area contributed by atoms with Gasteiger partial charge in [0.2, 0.25) is 6.08 Å². The van der Waals surface area contributed by atoms with Crippen LogP contribution in [0.4, 0.5) is 4.79 Å². The van der Waals surface area contributed by atoms with E-state index in [-0.39, 0.29) is 42.8 Å². The number of nitrogens with two attached hydrogens (primary N) is 1. The van der Waals surface area contributed by atoms with Gasteiger partial charge in [0.25, 0.3) is 0 Å². The van der Waals surface area contributed by atoms with Crippen molar-refractivity contribution < 1.29 is 42.9 Å². The summed E-state index contributed by atoms with van der Waals surface area (Å²) >= 11 is 0. The molecular formula is C42H62N6O9. The fourth-order valence-corrected chi connectivity index (χ4v) is 5.73. The van der Waals surface area contributed by atoms with Crippen molar-refractivity contribution in [3.63, 3.8) is 0 Å². The number of urea groups is 1. The fourth-order valence-electron chi connectivity index (χ4n) is 5.73. The number of aliphatic imine (C=N–C) groups is 1. The number of nitrogens with one attached hydrogen (secondary N) is 4. The summed E-state index contributed by atoms with van der Waals surface area (Å²) in [5, 5.41) is 12.0. The van der Waals surface area contributed by atoms with Gasteiger partial charge in [-0.2, -0.15) is 0 Å². The van der Waals surface area contributed by atoms with E-state index in [4.69, 9.17) is 29.4 Å². The van der Waals surface area contributed by atoms with Gasteiger partial charge < -0.3 is 45.4 Å². The third-order valence-corrected chi connectivity index (χ3v) is 8.47. The molecule has 0 unspecified atom stereocenters. The molecule has 2 aromatic carbocycles. The van der Waals surface area contributed by atoms with E-state index in [0.717, 1.165) is 42.3 Å². The molecule has 0 saturated carbocycles. The number of rotatable bonds is 11. The summed E-state index contributed by atoms with van der Waals surface area (Å²) in [6, 6.07) is 15.3. The van der Waals surface area contributed by atoms with Crippen LogP contribution in [-0.2, 0) is 28.6 Å². The van der Waals surface area contributed by atoms with E-state index in [9.17, 15) is 19.2 Å². The Morgan fingerprint density at radius 2 is 1.35 bits per heavy atom. The van der Waals surface area contributed by atoms with Crippen LogP contribution >= 0.6 is 0 Å². The lowest BCUT2D eigenvalue weighted by Crippen LogP contribution is -2.45. The van der Waals surface area contributed by atoms with Crippen molar-refractivity contribution in [1.29, 1.82) is 0 Å². The first-order valence-corrected chi connectivity index (χ1v) is 19.5. The summed E-state index contributed by atoms with van der Waals surface area (Å²) in [4.78, 5) is 48.7. The topological polar surface area (TPSA) is 201 Å². The minimum atomic E-state index is -0.413. The molecule has 2 atom stereocenters. The number of amides is 2. The van der Waals surface area contributed by atoms with E-state index in [2.05, 4.69) is 26.3 Å². The number of isocyanates is 1. The van der Waals surface area contributed by atoms with Crippen molar-refractivity contribution >= 4 is 24.0 Å². The van der Waals surface area contributed by atoms with Gasteiger partial charge in [-0.25, -0.2) is 24.2 Å². The standard InChI is InChI=1S/C19H27N3O4.C15H20N2O3.C4H7NO.C4H8O/c1-5-26-18(23)15-9-10-16(13-7-6-8-14(11-13)25-4)21-17(15)22-19(24)20-12(2)3;1-3-20-15(18)12-7-8-13(17-14(12)16)10-5-4-6-11(9-10)19-2;1-4(2)5-3-6;1-2-4-5-3-1/h6-8,11-12,16,21H,5,9-10H2,1-4H3,(H2,20,22,24);4-6,9,13,17H,3,7-8,16H2,1-2H3;4H,1-2H3;1-4H2/t16-;13-;;/m11../s1. The van der Waals surface area contributed by atoms with E-state index in [0.29, 0.717) is 48.7 Å². The monoisotopic (exact) mass is 794 g/mol. The lowest BCUT2D eigenvalue weighted by molar-refractivity contribution is -0.139. The predicted molar refractivity (Wildman–Crippen MR) is 218 cm³/mol. The van der Waals surface area contributed by atoms with Crippen molar-refractivity contribution in [3.8, 4) is 11.5 Å². The molecule has 0 spiro atoms. The largest absolute Gasteiger partial charge is 0.497 e. The summed E-state index contributed by atoms with van der Waals surface area (Å²) < 4.78 is 25.6. The first-order chi connectivity index (χ1) is 27.4. The molecule has 15 heteroatoms. The highest BCUT2D eigenvalue weighted by molar-refractivity contribution is 5.91. The molecule has 3 aliphatic rings. The maximum absolute atomic E-state index is 12.2. The van der Waals surface area contributed by atoms with Gasteiger partial charge in [-0.05, 0) is 115 Å². The maximum Gasteiger partial charge on any atom is 0.337 e. The third-order valence-electron chi connectivity index (χ3n) is 8.47. The van der Waals surface area contributed by atoms with Gasteiger partial charge in [0.1, 0.15) is 23.1 Å². The van der Waals surface area contributed by atoms with Crippen LogP contribution in [-0.4, -0.2) is 76.8 Å². The molecule has 314 valence electrons. The highest BCUT2D eigenvalue weighted by Gasteiger charge is 2.28. The fraction of sp³-hybridized carbons (Fsp3) is 0.524. The molecular weight excluding hydrogens is 732 g/mol. The van der Waals surface area contributed by atoms with Gasteiger partial charge >= 0.3 is 18.0 Å². The number of nitrogens with zero attached hydrogens (tertiary/aromatic N) is 1. The number of benzene rings is 2. The molecule has 0 aromatic heterocycles. The minimum Gasteiger partial charge on any atom is -0.497 e. The van der Waals surface area contributed by atoms with Gasteiger partial charge in [-0.1, -0.05) is 24.3 Å². The Bertz CT molecular complexity index is 1680. The molecule has 3 heterocycles. The number of carbonyl (C=O) groups excluding carboxylic acids is 4.